The molecule has 0 aliphatic rings. The first-order valence-electron chi connectivity index (χ1n) is 11.1. The Bertz CT molecular complexity index is 1470. The van der Waals surface area contributed by atoms with Crippen molar-refractivity contribution in [2.24, 2.45) is 0 Å². The van der Waals surface area contributed by atoms with E-state index in [2.05, 4.69) is 0 Å². The van der Waals surface area contributed by atoms with Crippen molar-refractivity contribution in [1.29, 1.82) is 0 Å². The summed E-state index contributed by atoms with van der Waals surface area (Å²) in [5.41, 5.74) is 0.434. The first kappa shape index (κ1) is 24.7. The SMILES string of the molecule is COc1ccc(C(=O)CC(c2ccc(OC)c(OC)c2)c2c(O)c3ccccc3oc2=O)cc1OC. The molecule has 1 atom stereocenters. The van der Waals surface area contributed by atoms with Crippen LogP contribution in [0, 0.1) is 0 Å². The van der Waals surface area contributed by atoms with Gasteiger partial charge in [-0.15, -0.1) is 0 Å². The van der Waals surface area contributed by atoms with E-state index in [1.807, 2.05) is 0 Å². The topological polar surface area (TPSA) is 104 Å². The van der Waals surface area contributed by atoms with Gasteiger partial charge in [0.2, 0.25) is 0 Å². The predicted molar refractivity (Wildman–Crippen MR) is 134 cm³/mol. The summed E-state index contributed by atoms with van der Waals surface area (Å²) in [5, 5.41) is 11.5. The van der Waals surface area contributed by atoms with Gasteiger partial charge in [-0.3, -0.25) is 4.79 Å². The lowest BCUT2D eigenvalue weighted by molar-refractivity contribution is 0.0976. The normalized spacial score (nSPS) is 11.7. The summed E-state index contributed by atoms with van der Waals surface area (Å²) in [4.78, 5) is 26.6. The average Bonchev–Trinajstić information content (AvgIpc) is 2.91. The molecule has 4 rings (SSSR count). The van der Waals surface area contributed by atoms with E-state index in [1.165, 1.54) is 28.4 Å². The van der Waals surface area contributed by atoms with Gasteiger partial charge in [0, 0.05) is 17.9 Å². The van der Waals surface area contributed by atoms with Crippen molar-refractivity contribution < 1.29 is 33.3 Å². The fourth-order valence-electron chi connectivity index (χ4n) is 4.22. The number of benzene rings is 3. The Morgan fingerprint density at radius 3 is 2.11 bits per heavy atom. The van der Waals surface area contributed by atoms with Gasteiger partial charge in [-0.2, -0.15) is 0 Å². The Morgan fingerprint density at radius 2 is 1.44 bits per heavy atom. The van der Waals surface area contributed by atoms with E-state index in [1.54, 1.807) is 60.7 Å². The smallest absolute Gasteiger partial charge is 0.343 e. The number of aromatic hydroxyl groups is 1. The van der Waals surface area contributed by atoms with Crippen LogP contribution in [0.4, 0.5) is 0 Å². The maximum atomic E-state index is 13.5. The fourth-order valence-corrected chi connectivity index (χ4v) is 4.22. The number of hydrogen-bond acceptors (Lipinski definition) is 8. The third-order valence-electron chi connectivity index (χ3n) is 6.07. The minimum atomic E-state index is -0.841. The second kappa shape index (κ2) is 10.4. The third kappa shape index (κ3) is 4.57. The van der Waals surface area contributed by atoms with Gasteiger partial charge in [-0.25, -0.2) is 4.79 Å². The molecule has 0 saturated carbocycles. The molecule has 186 valence electrons. The van der Waals surface area contributed by atoms with E-state index in [-0.39, 0.29) is 29.1 Å². The van der Waals surface area contributed by atoms with Crippen molar-refractivity contribution in [3.05, 3.63) is 87.8 Å². The maximum absolute atomic E-state index is 13.5. The maximum Gasteiger partial charge on any atom is 0.343 e. The van der Waals surface area contributed by atoms with Crippen LogP contribution >= 0.6 is 0 Å². The molecule has 0 saturated heterocycles. The molecule has 0 bridgehead atoms. The quantitative estimate of drug-likeness (QED) is 0.260. The summed E-state index contributed by atoms with van der Waals surface area (Å²) >= 11 is 0. The van der Waals surface area contributed by atoms with Crippen LogP contribution in [0.2, 0.25) is 0 Å². The summed E-state index contributed by atoms with van der Waals surface area (Å²) in [6, 6.07) is 16.6. The number of methoxy groups -OCH3 is 4. The van der Waals surface area contributed by atoms with E-state index in [0.29, 0.717) is 39.5 Å². The molecule has 4 aromatic rings. The summed E-state index contributed by atoms with van der Waals surface area (Å²) in [7, 11) is 6.00. The van der Waals surface area contributed by atoms with Gasteiger partial charge in [0.1, 0.15) is 11.3 Å². The molecule has 0 aliphatic carbocycles. The second-order valence-electron chi connectivity index (χ2n) is 8.01. The fraction of sp³-hybridized carbons (Fsp3) is 0.214. The zero-order valence-corrected chi connectivity index (χ0v) is 20.4. The van der Waals surface area contributed by atoms with Crippen molar-refractivity contribution in [3.8, 4) is 28.7 Å². The lowest BCUT2D eigenvalue weighted by Gasteiger charge is -2.20. The summed E-state index contributed by atoms with van der Waals surface area (Å²) in [6.07, 6.45) is -0.137. The molecule has 1 unspecified atom stereocenters. The molecule has 1 N–H and O–H groups in total. The zero-order chi connectivity index (χ0) is 25.8. The van der Waals surface area contributed by atoms with E-state index in [4.69, 9.17) is 23.4 Å². The van der Waals surface area contributed by atoms with Crippen LogP contribution in [0.15, 0.2) is 69.9 Å². The highest BCUT2D eigenvalue weighted by Gasteiger charge is 2.28. The second-order valence-corrected chi connectivity index (χ2v) is 8.01. The molecule has 0 radical (unpaired) electrons. The lowest BCUT2D eigenvalue weighted by Crippen LogP contribution is -2.18. The first-order valence-corrected chi connectivity index (χ1v) is 11.1. The number of carbonyl (C=O) groups excluding carboxylic acids is 1. The van der Waals surface area contributed by atoms with Gasteiger partial charge in [0.15, 0.2) is 28.8 Å². The van der Waals surface area contributed by atoms with E-state index < -0.39 is 11.5 Å². The number of ether oxygens (including phenoxy) is 4. The molecule has 8 heteroatoms. The number of para-hydroxylation sites is 1. The van der Waals surface area contributed by atoms with Crippen LogP contribution in [-0.2, 0) is 0 Å². The van der Waals surface area contributed by atoms with Crippen LogP contribution in [-0.4, -0.2) is 39.3 Å². The van der Waals surface area contributed by atoms with Gasteiger partial charge in [0.25, 0.3) is 0 Å². The van der Waals surface area contributed by atoms with Gasteiger partial charge in [-0.05, 0) is 48.0 Å². The van der Waals surface area contributed by atoms with Crippen LogP contribution in [0.3, 0.4) is 0 Å². The van der Waals surface area contributed by atoms with Crippen molar-refractivity contribution in [2.75, 3.05) is 28.4 Å². The molecule has 1 aromatic heterocycles. The van der Waals surface area contributed by atoms with Gasteiger partial charge >= 0.3 is 5.63 Å². The lowest BCUT2D eigenvalue weighted by atomic mass is 9.85. The molecule has 1 heterocycles. The molecule has 3 aromatic carbocycles. The molecular formula is C28H26O8. The number of hydrogen-bond donors (Lipinski definition) is 1. The Labute approximate surface area is 207 Å². The number of Topliss-reactive ketones (excluding diaryl/α,β-unsaturated/α-hetero) is 1. The zero-order valence-electron chi connectivity index (χ0n) is 20.4. The summed E-state index contributed by atoms with van der Waals surface area (Å²) in [5.74, 6) is 0.442. The molecule has 0 aliphatic heterocycles. The van der Waals surface area contributed by atoms with Crippen LogP contribution < -0.4 is 24.6 Å². The highest BCUT2D eigenvalue weighted by molar-refractivity contribution is 5.97. The largest absolute Gasteiger partial charge is 0.507 e. The van der Waals surface area contributed by atoms with E-state index in [9.17, 15) is 14.7 Å². The van der Waals surface area contributed by atoms with Crippen molar-refractivity contribution >= 4 is 16.8 Å². The Balaban J connectivity index is 1.87. The Kier molecular flexibility index (Phi) is 7.15. The van der Waals surface area contributed by atoms with Crippen LogP contribution in [0.25, 0.3) is 11.0 Å². The van der Waals surface area contributed by atoms with Crippen molar-refractivity contribution in [3.63, 3.8) is 0 Å². The highest BCUT2D eigenvalue weighted by atomic mass is 16.5. The first-order chi connectivity index (χ1) is 17.4. The predicted octanol–water partition coefficient (Wildman–Crippen LogP) is 4.94. The highest BCUT2D eigenvalue weighted by Crippen LogP contribution is 2.40. The van der Waals surface area contributed by atoms with Gasteiger partial charge in [0.05, 0.1) is 39.4 Å². The summed E-state index contributed by atoms with van der Waals surface area (Å²) in [6.45, 7) is 0. The Morgan fingerprint density at radius 1 is 0.833 bits per heavy atom. The van der Waals surface area contributed by atoms with Gasteiger partial charge in [-0.1, -0.05) is 18.2 Å². The molecule has 8 nitrogen and oxygen atoms in total. The molecular weight excluding hydrogens is 464 g/mol. The Hall–Kier alpha value is -4.46. The molecule has 0 amide bonds. The number of carbonyl (C=O) groups is 1. The molecule has 0 fully saturated rings. The van der Waals surface area contributed by atoms with Crippen LogP contribution in [0.1, 0.15) is 33.8 Å². The minimum Gasteiger partial charge on any atom is -0.507 e. The standard InChI is InChI=1S/C28H26O8/c1-32-22-11-9-16(13-24(22)34-3)19(15-20(29)17-10-12-23(33-2)25(14-17)35-4)26-27(30)18-7-5-6-8-21(18)36-28(26)31/h5-14,19,30H,15H2,1-4H3. The number of fused-ring (bicyclic) bond motifs is 1. The minimum absolute atomic E-state index is 0.0188. The van der Waals surface area contributed by atoms with Gasteiger partial charge < -0.3 is 28.5 Å². The van der Waals surface area contributed by atoms with E-state index >= 15 is 0 Å². The van der Waals surface area contributed by atoms with Crippen molar-refractivity contribution in [2.45, 2.75) is 12.3 Å². The molecule has 36 heavy (non-hydrogen) atoms. The monoisotopic (exact) mass is 490 g/mol. The van der Waals surface area contributed by atoms with Crippen molar-refractivity contribution in [1.82, 2.24) is 0 Å². The number of rotatable bonds is 9. The number of ketones is 1. The van der Waals surface area contributed by atoms with E-state index in [0.717, 1.165) is 0 Å². The third-order valence-corrected chi connectivity index (χ3v) is 6.07. The molecule has 0 spiro atoms. The average molecular weight is 491 g/mol. The van der Waals surface area contributed by atoms with Crippen LogP contribution in [0.5, 0.6) is 28.7 Å². The summed E-state index contributed by atoms with van der Waals surface area (Å²) < 4.78 is 26.9.